The molecule has 0 saturated heterocycles. The number of carbonyl (C=O) groups excluding carboxylic acids is 2. The maximum Gasteiger partial charge on any atom is 0.277 e. The van der Waals surface area contributed by atoms with Gasteiger partial charge in [0, 0.05) is 43.3 Å². The molecule has 0 bridgehead atoms. The highest BCUT2D eigenvalue weighted by Crippen LogP contribution is 2.28. The van der Waals surface area contributed by atoms with Gasteiger partial charge in [0.15, 0.2) is 5.13 Å². The lowest BCUT2D eigenvalue weighted by Crippen LogP contribution is -2.39. The van der Waals surface area contributed by atoms with Crippen molar-refractivity contribution in [2.75, 3.05) is 25.0 Å². The van der Waals surface area contributed by atoms with Gasteiger partial charge in [-0.15, -0.1) is 11.3 Å². The van der Waals surface area contributed by atoms with Crippen molar-refractivity contribution >= 4 is 28.3 Å². The molecule has 9 heteroatoms. The highest BCUT2D eigenvalue weighted by Gasteiger charge is 2.23. The number of hydrogen-bond acceptors (Lipinski definition) is 7. The zero-order chi connectivity index (χ0) is 16.9. The minimum absolute atomic E-state index is 0.0293. The number of amides is 2. The Balaban J connectivity index is 1.63. The molecule has 0 fully saturated rings. The number of aromatic nitrogens is 3. The molecule has 0 aromatic carbocycles. The van der Waals surface area contributed by atoms with Crippen molar-refractivity contribution in [1.82, 2.24) is 25.2 Å². The van der Waals surface area contributed by atoms with Crippen LogP contribution in [-0.4, -0.2) is 51.3 Å². The zero-order valence-corrected chi connectivity index (χ0v) is 14.1. The monoisotopic (exact) mass is 346 g/mol. The van der Waals surface area contributed by atoms with Crippen LogP contribution >= 0.6 is 11.3 Å². The number of likely N-dealkylation sites (N-methyl/N-ethyl adjacent to an activating group) is 1. The van der Waals surface area contributed by atoms with Crippen LogP contribution in [0, 0.1) is 0 Å². The fraction of sp³-hybridized carbons (Fsp3) is 0.400. The van der Waals surface area contributed by atoms with Crippen molar-refractivity contribution < 1.29 is 9.59 Å². The molecular weight excluding hydrogens is 328 g/mol. The molecule has 24 heavy (non-hydrogen) atoms. The summed E-state index contributed by atoms with van der Waals surface area (Å²) in [7, 11) is 0. The van der Waals surface area contributed by atoms with Gasteiger partial charge >= 0.3 is 0 Å². The van der Waals surface area contributed by atoms with E-state index in [0.29, 0.717) is 24.8 Å². The Kier molecular flexibility index (Phi) is 5.11. The third kappa shape index (κ3) is 3.92. The molecule has 0 spiro atoms. The molecular formula is C15H18N6O2S. The predicted molar refractivity (Wildman–Crippen MR) is 89.8 cm³/mol. The molecule has 0 aliphatic carbocycles. The van der Waals surface area contributed by atoms with Crippen LogP contribution in [0.15, 0.2) is 18.6 Å². The summed E-state index contributed by atoms with van der Waals surface area (Å²) < 4.78 is 0. The average molecular weight is 346 g/mol. The van der Waals surface area contributed by atoms with E-state index in [0.717, 1.165) is 23.5 Å². The number of nitrogens with one attached hydrogen (secondary N) is 2. The number of carbonyl (C=O) groups is 2. The van der Waals surface area contributed by atoms with Crippen molar-refractivity contribution in [2.45, 2.75) is 19.9 Å². The van der Waals surface area contributed by atoms with E-state index in [4.69, 9.17) is 0 Å². The Bertz CT molecular complexity index is 733. The molecule has 2 aromatic heterocycles. The first kappa shape index (κ1) is 16.5. The molecule has 1 aliphatic heterocycles. The molecule has 3 rings (SSSR count). The summed E-state index contributed by atoms with van der Waals surface area (Å²) >= 11 is 1.44. The molecule has 0 unspecified atom stereocenters. The molecule has 3 heterocycles. The van der Waals surface area contributed by atoms with Crippen LogP contribution in [0.4, 0.5) is 5.13 Å². The summed E-state index contributed by atoms with van der Waals surface area (Å²) in [5.74, 6) is -0.296. The molecule has 1 aliphatic rings. The quantitative estimate of drug-likeness (QED) is 0.826. The number of anilines is 1. The number of rotatable bonds is 5. The predicted octanol–water partition coefficient (Wildman–Crippen LogP) is 0.680. The van der Waals surface area contributed by atoms with Gasteiger partial charge in [-0.25, -0.2) is 9.97 Å². The molecule has 0 radical (unpaired) electrons. The Morgan fingerprint density at radius 2 is 2.25 bits per heavy atom. The molecule has 0 saturated carbocycles. The lowest BCUT2D eigenvalue weighted by Gasteiger charge is -2.24. The highest BCUT2D eigenvalue weighted by molar-refractivity contribution is 7.15. The Labute approximate surface area is 143 Å². The van der Waals surface area contributed by atoms with E-state index in [1.165, 1.54) is 29.9 Å². The van der Waals surface area contributed by atoms with E-state index in [-0.39, 0.29) is 17.5 Å². The first-order valence-corrected chi connectivity index (χ1v) is 8.52. The van der Waals surface area contributed by atoms with Gasteiger partial charge in [-0.1, -0.05) is 0 Å². The maximum absolute atomic E-state index is 12.1. The summed E-state index contributed by atoms with van der Waals surface area (Å²) in [5.41, 5.74) is 1.24. The number of hydrogen-bond donors (Lipinski definition) is 2. The fourth-order valence-corrected chi connectivity index (χ4v) is 3.52. The Morgan fingerprint density at radius 1 is 1.38 bits per heavy atom. The fourth-order valence-electron chi connectivity index (χ4n) is 2.47. The number of fused-ring (bicyclic) bond motifs is 1. The molecule has 2 N–H and O–H groups in total. The van der Waals surface area contributed by atoms with Crippen molar-refractivity contribution in [2.24, 2.45) is 0 Å². The molecule has 2 amide bonds. The van der Waals surface area contributed by atoms with Gasteiger partial charge in [0.1, 0.15) is 5.69 Å². The van der Waals surface area contributed by atoms with Crippen LogP contribution in [0.25, 0.3) is 0 Å². The van der Waals surface area contributed by atoms with Crippen LogP contribution in [0.2, 0.25) is 0 Å². The summed E-state index contributed by atoms with van der Waals surface area (Å²) in [4.78, 5) is 39.3. The van der Waals surface area contributed by atoms with E-state index >= 15 is 0 Å². The summed E-state index contributed by atoms with van der Waals surface area (Å²) in [5, 5.41) is 6.11. The number of thiazole rings is 1. The van der Waals surface area contributed by atoms with Gasteiger partial charge in [0.2, 0.25) is 5.91 Å². The van der Waals surface area contributed by atoms with Gasteiger partial charge in [-0.2, -0.15) is 0 Å². The van der Waals surface area contributed by atoms with Gasteiger partial charge in [-0.05, 0) is 6.92 Å². The highest BCUT2D eigenvalue weighted by atomic mass is 32.1. The SMILES string of the molecule is CCNC(=O)CN1CCc2nc(NC(=O)c3cnccn3)sc2C1. The van der Waals surface area contributed by atoms with E-state index in [1.54, 1.807) is 0 Å². The van der Waals surface area contributed by atoms with Crippen molar-refractivity contribution in [3.8, 4) is 0 Å². The lowest BCUT2D eigenvalue weighted by molar-refractivity contribution is -0.122. The molecule has 126 valence electrons. The topological polar surface area (TPSA) is 100 Å². The van der Waals surface area contributed by atoms with E-state index in [2.05, 4.69) is 30.5 Å². The van der Waals surface area contributed by atoms with Gasteiger partial charge in [0.05, 0.1) is 18.4 Å². The van der Waals surface area contributed by atoms with Crippen molar-refractivity contribution in [1.29, 1.82) is 0 Å². The average Bonchev–Trinajstić information content (AvgIpc) is 2.97. The summed E-state index contributed by atoms with van der Waals surface area (Å²) in [6.45, 7) is 4.38. The second-order valence-corrected chi connectivity index (χ2v) is 6.43. The van der Waals surface area contributed by atoms with E-state index in [1.807, 2.05) is 6.92 Å². The molecule has 2 aromatic rings. The van der Waals surface area contributed by atoms with Gasteiger partial charge in [0.25, 0.3) is 5.91 Å². The smallest absolute Gasteiger partial charge is 0.277 e. The van der Waals surface area contributed by atoms with E-state index < -0.39 is 0 Å². The Hall–Kier alpha value is -2.39. The van der Waals surface area contributed by atoms with Crippen molar-refractivity contribution in [3.63, 3.8) is 0 Å². The lowest BCUT2D eigenvalue weighted by atomic mass is 10.2. The normalized spacial score (nSPS) is 14.0. The molecule has 8 nitrogen and oxygen atoms in total. The van der Waals surface area contributed by atoms with Crippen LogP contribution in [0.5, 0.6) is 0 Å². The van der Waals surface area contributed by atoms with Crippen LogP contribution in [0.3, 0.4) is 0 Å². The van der Waals surface area contributed by atoms with Gasteiger partial charge in [-0.3, -0.25) is 24.8 Å². The third-order valence-corrected chi connectivity index (χ3v) is 4.57. The first-order chi connectivity index (χ1) is 11.7. The summed E-state index contributed by atoms with van der Waals surface area (Å²) in [6.07, 6.45) is 5.17. The van der Waals surface area contributed by atoms with Crippen LogP contribution in [-0.2, 0) is 17.8 Å². The summed E-state index contributed by atoms with van der Waals surface area (Å²) in [6, 6.07) is 0. The zero-order valence-electron chi connectivity index (χ0n) is 13.3. The van der Waals surface area contributed by atoms with Crippen molar-refractivity contribution in [3.05, 3.63) is 34.9 Å². The number of nitrogens with zero attached hydrogens (tertiary/aromatic N) is 4. The first-order valence-electron chi connectivity index (χ1n) is 7.70. The minimum Gasteiger partial charge on any atom is -0.355 e. The standard InChI is InChI=1S/C15H18N6O2S/c1-2-17-13(22)9-21-6-3-10-12(8-21)24-15(19-10)20-14(23)11-7-16-4-5-18-11/h4-5,7H,2-3,6,8-9H2,1H3,(H,17,22)(H,19,20,23). The largest absolute Gasteiger partial charge is 0.355 e. The maximum atomic E-state index is 12.1. The Morgan fingerprint density at radius 3 is 3.00 bits per heavy atom. The minimum atomic E-state index is -0.326. The molecule has 0 atom stereocenters. The van der Waals surface area contributed by atoms with E-state index in [9.17, 15) is 9.59 Å². The van der Waals surface area contributed by atoms with Crippen LogP contribution in [0.1, 0.15) is 28.0 Å². The van der Waals surface area contributed by atoms with Crippen LogP contribution < -0.4 is 10.6 Å². The second-order valence-electron chi connectivity index (χ2n) is 5.35. The van der Waals surface area contributed by atoms with Gasteiger partial charge < -0.3 is 5.32 Å². The third-order valence-electron chi connectivity index (χ3n) is 3.57. The second kappa shape index (κ2) is 7.45.